The zero-order chi connectivity index (χ0) is 19.8. The van der Waals surface area contributed by atoms with Crippen molar-refractivity contribution >= 4 is 39.6 Å². The van der Waals surface area contributed by atoms with Crippen LogP contribution in [0.15, 0.2) is 29.0 Å². The molecule has 1 N–H and O–H groups in total. The van der Waals surface area contributed by atoms with Gasteiger partial charge in [0.15, 0.2) is 0 Å². The van der Waals surface area contributed by atoms with Crippen LogP contribution >= 0.6 is 15.9 Å². The minimum Gasteiger partial charge on any atom is -0.447 e. The number of nitrogens with one attached hydrogen (secondary N) is 1. The Hall–Kier alpha value is -2.75. The van der Waals surface area contributed by atoms with Gasteiger partial charge in [0.05, 0.1) is 17.8 Å². The summed E-state index contributed by atoms with van der Waals surface area (Å²) in [4.78, 5) is 31.4. The van der Waals surface area contributed by atoms with Gasteiger partial charge in [-0.05, 0) is 48.3 Å². The number of fused-ring (bicyclic) bond motifs is 1. The molecular formula is C18H20BrN7O2. The van der Waals surface area contributed by atoms with Crippen LogP contribution in [-0.4, -0.2) is 43.1 Å². The van der Waals surface area contributed by atoms with E-state index in [1.165, 1.54) is 4.90 Å². The number of cyclic esters (lactones) is 1. The Kier molecular flexibility index (Phi) is 4.88. The summed E-state index contributed by atoms with van der Waals surface area (Å²) in [5, 5.41) is 3.26. The highest BCUT2D eigenvalue weighted by molar-refractivity contribution is 9.10. The van der Waals surface area contributed by atoms with E-state index in [4.69, 9.17) is 4.74 Å². The van der Waals surface area contributed by atoms with Crippen molar-refractivity contribution in [1.29, 1.82) is 0 Å². The lowest BCUT2D eigenvalue weighted by Crippen LogP contribution is -2.34. The number of anilines is 2. The highest BCUT2D eigenvalue weighted by atomic mass is 79.9. The first kappa shape index (κ1) is 18.6. The molecule has 1 fully saturated rings. The summed E-state index contributed by atoms with van der Waals surface area (Å²) in [7, 11) is 0. The van der Waals surface area contributed by atoms with Crippen LogP contribution < -0.4 is 10.2 Å². The van der Waals surface area contributed by atoms with Gasteiger partial charge in [0, 0.05) is 16.9 Å². The molecule has 3 aromatic rings. The number of amides is 1. The van der Waals surface area contributed by atoms with Crippen molar-refractivity contribution < 1.29 is 9.53 Å². The van der Waals surface area contributed by atoms with E-state index >= 15 is 0 Å². The Morgan fingerprint density at radius 2 is 2.11 bits per heavy atom. The van der Waals surface area contributed by atoms with E-state index in [0.717, 1.165) is 22.2 Å². The number of aromatic nitrogens is 5. The van der Waals surface area contributed by atoms with Crippen molar-refractivity contribution in [2.75, 3.05) is 16.8 Å². The normalized spacial score (nSPS) is 17.8. The van der Waals surface area contributed by atoms with Gasteiger partial charge in [-0.3, -0.25) is 0 Å². The maximum Gasteiger partial charge on any atom is 0.417 e. The Labute approximate surface area is 170 Å². The molecule has 1 amide bonds. The molecule has 0 unspecified atom stereocenters. The number of aryl methyl sites for hydroxylation is 1. The van der Waals surface area contributed by atoms with E-state index in [9.17, 15) is 4.79 Å². The molecule has 0 aliphatic carbocycles. The number of nitrogens with zero attached hydrogens (tertiary/aromatic N) is 6. The lowest BCUT2D eigenvalue weighted by molar-refractivity contribution is 0.178. The monoisotopic (exact) mass is 445 g/mol. The van der Waals surface area contributed by atoms with Crippen molar-refractivity contribution in [2.24, 2.45) is 0 Å². The van der Waals surface area contributed by atoms with Crippen LogP contribution in [0.2, 0.25) is 0 Å². The molecule has 28 heavy (non-hydrogen) atoms. The second kappa shape index (κ2) is 7.34. The van der Waals surface area contributed by atoms with E-state index < -0.39 is 6.09 Å². The zero-order valence-electron chi connectivity index (χ0n) is 15.8. The van der Waals surface area contributed by atoms with Crippen LogP contribution in [0.4, 0.5) is 16.7 Å². The number of rotatable bonds is 5. The third-order valence-corrected chi connectivity index (χ3v) is 5.08. The Balaban J connectivity index is 1.60. The minimum atomic E-state index is -0.428. The molecule has 9 nitrogen and oxygen atoms in total. The summed E-state index contributed by atoms with van der Waals surface area (Å²) in [6, 6.07) is 3.68. The van der Waals surface area contributed by atoms with Crippen molar-refractivity contribution in [3.8, 4) is 0 Å². The number of hydrogen-bond acceptors (Lipinski definition) is 7. The van der Waals surface area contributed by atoms with Crippen LogP contribution in [0, 0.1) is 6.92 Å². The molecule has 1 aliphatic heterocycles. The molecule has 4 heterocycles. The molecule has 4 rings (SSSR count). The first-order valence-corrected chi connectivity index (χ1v) is 9.83. The average molecular weight is 446 g/mol. The second-order valence-electron chi connectivity index (χ2n) is 6.66. The molecular weight excluding hydrogens is 426 g/mol. The Bertz CT molecular complexity index is 1040. The summed E-state index contributed by atoms with van der Waals surface area (Å²) >= 11 is 3.46. The van der Waals surface area contributed by atoms with Crippen molar-refractivity contribution in [2.45, 2.75) is 39.3 Å². The zero-order valence-corrected chi connectivity index (χ0v) is 17.3. The van der Waals surface area contributed by atoms with Crippen molar-refractivity contribution in [3.63, 3.8) is 0 Å². The smallest absolute Gasteiger partial charge is 0.417 e. The lowest BCUT2D eigenvalue weighted by Gasteiger charge is -2.19. The number of carbonyl (C=O) groups excluding carboxylic acids is 1. The maximum atomic E-state index is 12.1. The molecule has 0 spiro atoms. The van der Waals surface area contributed by atoms with E-state index in [2.05, 4.69) is 41.2 Å². The Morgan fingerprint density at radius 1 is 1.29 bits per heavy atom. The first-order chi connectivity index (χ1) is 13.4. The SMILES string of the molecule is CC[C@H]1COC(=O)N1c1nc(C)nc(N[C@H](C)c2cn3cc(Br)ccc3n2)n1. The summed E-state index contributed by atoms with van der Waals surface area (Å²) in [6.45, 7) is 6.09. The molecule has 3 aromatic heterocycles. The van der Waals surface area contributed by atoms with Crippen LogP contribution in [0.3, 0.4) is 0 Å². The van der Waals surface area contributed by atoms with Gasteiger partial charge in [-0.15, -0.1) is 0 Å². The molecule has 0 bridgehead atoms. The van der Waals surface area contributed by atoms with Gasteiger partial charge in [0.1, 0.15) is 18.1 Å². The van der Waals surface area contributed by atoms with E-state index in [1.807, 2.05) is 42.8 Å². The third-order valence-electron chi connectivity index (χ3n) is 4.61. The van der Waals surface area contributed by atoms with Gasteiger partial charge >= 0.3 is 6.09 Å². The highest BCUT2D eigenvalue weighted by Gasteiger charge is 2.35. The van der Waals surface area contributed by atoms with Crippen LogP contribution in [0.25, 0.3) is 5.65 Å². The quantitative estimate of drug-likeness (QED) is 0.641. The van der Waals surface area contributed by atoms with Gasteiger partial charge in [-0.2, -0.15) is 15.0 Å². The fraction of sp³-hybridized carbons (Fsp3) is 0.389. The van der Waals surface area contributed by atoms with Gasteiger partial charge in [0.2, 0.25) is 11.9 Å². The van der Waals surface area contributed by atoms with E-state index in [1.54, 1.807) is 6.92 Å². The molecule has 0 radical (unpaired) electrons. The molecule has 10 heteroatoms. The summed E-state index contributed by atoms with van der Waals surface area (Å²) in [6.07, 6.45) is 4.24. The lowest BCUT2D eigenvalue weighted by atomic mass is 10.2. The molecule has 0 aromatic carbocycles. The fourth-order valence-electron chi connectivity index (χ4n) is 3.11. The van der Waals surface area contributed by atoms with Gasteiger partial charge < -0.3 is 14.5 Å². The third kappa shape index (κ3) is 3.51. The van der Waals surface area contributed by atoms with E-state index in [-0.39, 0.29) is 12.1 Å². The summed E-state index contributed by atoms with van der Waals surface area (Å²) < 4.78 is 8.08. The van der Waals surface area contributed by atoms with Gasteiger partial charge in [0.25, 0.3) is 0 Å². The predicted octanol–water partition coefficient (Wildman–Crippen LogP) is 3.50. The van der Waals surface area contributed by atoms with Crippen LogP contribution in [-0.2, 0) is 4.74 Å². The number of halogens is 1. The minimum absolute atomic E-state index is 0.0727. The number of pyridine rings is 1. The topological polar surface area (TPSA) is 97.5 Å². The summed E-state index contributed by atoms with van der Waals surface area (Å²) in [5.41, 5.74) is 1.70. The van der Waals surface area contributed by atoms with Gasteiger partial charge in [-0.1, -0.05) is 6.92 Å². The number of ether oxygens (including phenoxy) is 1. The van der Waals surface area contributed by atoms with E-state index in [0.29, 0.717) is 24.3 Å². The number of carbonyl (C=O) groups is 1. The molecule has 146 valence electrons. The van der Waals surface area contributed by atoms with Crippen molar-refractivity contribution in [1.82, 2.24) is 24.3 Å². The standard InChI is InChI=1S/C18H20BrN7O2/c1-4-13-9-28-18(27)26(13)17-22-11(3)21-16(24-17)20-10(2)14-8-25-7-12(19)5-6-15(25)23-14/h5-8,10,13H,4,9H2,1-3H3,(H,20,21,22,24)/t10-,13+/m1/s1. The maximum absolute atomic E-state index is 12.1. The average Bonchev–Trinajstić information content (AvgIpc) is 3.23. The molecule has 0 saturated carbocycles. The number of imidazole rings is 1. The second-order valence-corrected chi connectivity index (χ2v) is 7.58. The Morgan fingerprint density at radius 3 is 2.89 bits per heavy atom. The van der Waals surface area contributed by atoms with Crippen LogP contribution in [0.5, 0.6) is 0 Å². The summed E-state index contributed by atoms with van der Waals surface area (Å²) in [5.74, 6) is 1.21. The molecule has 2 atom stereocenters. The fourth-order valence-corrected chi connectivity index (χ4v) is 3.46. The molecule has 1 saturated heterocycles. The first-order valence-electron chi connectivity index (χ1n) is 9.04. The van der Waals surface area contributed by atoms with Crippen molar-refractivity contribution in [3.05, 3.63) is 40.5 Å². The van der Waals surface area contributed by atoms with Gasteiger partial charge in [-0.25, -0.2) is 14.7 Å². The largest absolute Gasteiger partial charge is 0.447 e. The molecule has 1 aliphatic rings. The van der Waals surface area contributed by atoms with Crippen LogP contribution in [0.1, 0.15) is 37.8 Å². The highest BCUT2D eigenvalue weighted by Crippen LogP contribution is 2.24. The predicted molar refractivity (Wildman–Crippen MR) is 107 cm³/mol. The number of hydrogen-bond donors (Lipinski definition) is 1.